The SMILES string of the molecule is COc1ccc(N2CCN(Cc3cnc4cc(C)nc(C)n34)CC2)cc1. The molecular formula is C20H25N5O. The molecule has 1 fully saturated rings. The molecule has 0 aliphatic carbocycles. The minimum atomic E-state index is 0.902. The smallest absolute Gasteiger partial charge is 0.140 e. The van der Waals surface area contributed by atoms with Crippen molar-refractivity contribution in [2.45, 2.75) is 20.4 Å². The molecule has 1 aliphatic heterocycles. The highest BCUT2D eigenvalue weighted by atomic mass is 16.5. The molecule has 0 saturated carbocycles. The summed E-state index contributed by atoms with van der Waals surface area (Å²) >= 11 is 0. The Hall–Kier alpha value is -2.60. The number of ether oxygens (including phenoxy) is 1. The van der Waals surface area contributed by atoms with E-state index in [1.165, 1.54) is 11.4 Å². The second-order valence-corrected chi connectivity index (χ2v) is 6.85. The van der Waals surface area contributed by atoms with Gasteiger partial charge < -0.3 is 9.64 Å². The van der Waals surface area contributed by atoms with Crippen LogP contribution in [0.3, 0.4) is 0 Å². The van der Waals surface area contributed by atoms with E-state index < -0.39 is 0 Å². The van der Waals surface area contributed by atoms with Crippen LogP contribution in [0.2, 0.25) is 0 Å². The highest BCUT2D eigenvalue weighted by molar-refractivity contribution is 5.49. The molecule has 2 aromatic heterocycles. The molecule has 136 valence electrons. The number of piperazine rings is 1. The number of aromatic nitrogens is 3. The number of aryl methyl sites for hydroxylation is 2. The Morgan fingerprint density at radius 2 is 1.77 bits per heavy atom. The minimum Gasteiger partial charge on any atom is -0.497 e. The second kappa shape index (κ2) is 6.96. The van der Waals surface area contributed by atoms with Gasteiger partial charge in [-0.25, -0.2) is 9.97 Å². The third kappa shape index (κ3) is 3.24. The first-order valence-corrected chi connectivity index (χ1v) is 9.06. The van der Waals surface area contributed by atoms with Gasteiger partial charge in [0.25, 0.3) is 0 Å². The molecule has 1 aromatic carbocycles. The first kappa shape index (κ1) is 16.8. The molecule has 0 unspecified atom stereocenters. The molecule has 1 aliphatic rings. The number of nitrogens with zero attached hydrogens (tertiary/aromatic N) is 5. The number of hydrogen-bond acceptors (Lipinski definition) is 5. The van der Waals surface area contributed by atoms with E-state index in [1.807, 2.05) is 38.2 Å². The van der Waals surface area contributed by atoms with Gasteiger partial charge in [-0.15, -0.1) is 0 Å². The van der Waals surface area contributed by atoms with Crippen molar-refractivity contribution in [3.63, 3.8) is 0 Å². The van der Waals surface area contributed by atoms with Crippen molar-refractivity contribution < 1.29 is 4.74 Å². The van der Waals surface area contributed by atoms with Crippen molar-refractivity contribution in [2.75, 3.05) is 38.2 Å². The first-order chi connectivity index (χ1) is 12.6. The van der Waals surface area contributed by atoms with Crippen LogP contribution in [-0.4, -0.2) is 52.6 Å². The fourth-order valence-corrected chi connectivity index (χ4v) is 3.70. The van der Waals surface area contributed by atoms with Gasteiger partial charge in [0.1, 0.15) is 17.2 Å². The molecule has 0 N–H and O–H groups in total. The second-order valence-electron chi connectivity index (χ2n) is 6.85. The van der Waals surface area contributed by atoms with Crippen molar-refractivity contribution >= 4 is 11.3 Å². The van der Waals surface area contributed by atoms with E-state index in [9.17, 15) is 0 Å². The van der Waals surface area contributed by atoms with Crippen LogP contribution in [0.5, 0.6) is 5.75 Å². The number of benzene rings is 1. The lowest BCUT2D eigenvalue weighted by Crippen LogP contribution is -2.46. The molecular weight excluding hydrogens is 326 g/mol. The zero-order valence-corrected chi connectivity index (χ0v) is 15.6. The van der Waals surface area contributed by atoms with E-state index in [1.54, 1.807) is 7.11 Å². The number of hydrogen-bond donors (Lipinski definition) is 0. The molecule has 26 heavy (non-hydrogen) atoms. The summed E-state index contributed by atoms with van der Waals surface area (Å²) in [4.78, 5) is 14.1. The molecule has 0 amide bonds. The number of methoxy groups -OCH3 is 1. The predicted molar refractivity (Wildman–Crippen MR) is 103 cm³/mol. The van der Waals surface area contributed by atoms with Crippen LogP contribution in [0, 0.1) is 13.8 Å². The number of imidazole rings is 1. The Balaban J connectivity index is 1.42. The van der Waals surface area contributed by atoms with Crippen LogP contribution in [0.4, 0.5) is 5.69 Å². The summed E-state index contributed by atoms with van der Waals surface area (Å²) < 4.78 is 7.41. The summed E-state index contributed by atoms with van der Waals surface area (Å²) in [6, 6.07) is 10.4. The van der Waals surface area contributed by atoms with Crippen LogP contribution in [0.25, 0.3) is 5.65 Å². The van der Waals surface area contributed by atoms with Gasteiger partial charge in [0.15, 0.2) is 0 Å². The van der Waals surface area contributed by atoms with Crippen molar-refractivity contribution in [3.8, 4) is 5.75 Å². The van der Waals surface area contributed by atoms with E-state index in [0.717, 1.165) is 55.6 Å². The van der Waals surface area contributed by atoms with Crippen LogP contribution in [-0.2, 0) is 6.54 Å². The highest BCUT2D eigenvalue weighted by Gasteiger charge is 2.19. The lowest BCUT2D eigenvalue weighted by Gasteiger charge is -2.36. The normalized spacial score (nSPS) is 15.6. The maximum absolute atomic E-state index is 5.24. The third-order valence-corrected chi connectivity index (χ3v) is 5.06. The molecule has 3 aromatic rings. The monoisotopic (exact) mass is 351 g/mol. The lowest BCUT2D eigenvalue weighted by atomic mass is 10.2. The maximum Gasteiger partial charge on any atom is 0.140 e. The van der Waals surface area contributed by atoms with E-state index in [0.29, 0.717) is 0 Å². The molecule has 0 bridgehead atoms. The molecule has 0 atom stereocenters. The van der Waals surface area contributed by atoms with Crippen LogP contribution < -0.4 is 9.64 Å². The van der Waals surface area contributed by atoms with Gasteiger partial charge in [-0.05, 0) is 38.1 Å². The summed E-state index contributed by atoms with van der Waals surface area (Å²) in [7, 11) is 1.70. The Morgan fingerprint density at radius 1 is 1.04 bits per heavy atom. The molecule has 1 saturated heterocycles. The lowest BCUT2D eigenvalue weighted by molar-refractivity contribution is 0.246. The highest BCUT2D eigenvalue weighted by Crippen LogP contribution is 2.21. The van der Waals surface area contributed by atoms with Crippen molar-refractivity contribution in [1.82, 2.24) is 19.3 Å². The average molecular weight is 351 g/mol. The number of anilines is 1. The zero-order chi connectivity index (χ0) is 18.1. The van der Waals surface area contributed by atoms with Crippen molar-refractivity contribution in [1.29, 1.82) is 0 Å². The molecule has 6 nitrogen and oxygen atoms in total. The largest absolute Gasteiger partial charge is 0.497 e. The summed E-state index contributed by atoms with van der Waals surface area (Å²) in [6.45, 7) is 9.10. The molecule has 6 heteroatoms. The van der Waals surface area contributed by atoms with Crippen LogP contribution in [0.15, 0.2) is 36.5 Å². The van der Waals surface area contributed by atoms with Crippen LogP contribution >= 0.6 is 0 Å². The Bertz CT molecular complexity index is 894. The van der Waals surface area contributed by atoms with Gasteiger partial charge in [0.05, 0.1) is 19.0 Å². The Morgan fingerprint density at radius 3 is 2.46 bits per heavy atom. The van der Waals surface area contributed by atoms with Crippen LogP contribution in [0.1, 0.15) is 17.2 Å². The van der Waals surface area contributed by atoms with E-state index in [4.69, 9.17) is 4.74 Å². The van der Waals surface area contributed by atoms with Gasteiger partial charge in [0, 0.05) is 50.2 Å². The standard InChI is InChI=1S/C20H25N5O/c1-15-12-20-21-13-18(25(20)16(2)22-15)14-23-8-10-24(11-9-23)17-4-6-19(26-3)7-5-17/h4-7,12-13H,8-11,14H2,1-3H3. The summed E-state index contributed by atoms with van der Waals surface area (Å²) in [5, 5.41) is 0. The topological polar surface area (TPSA) is 45.9 Å². The summed E-state index contributed by atoms with van der Waals surface area (Å²) in [6.07, 6.45) is 1.99. The average Bonchev–Trinajstić information content (AvgIpc) is 3.05. The maximum atomic E-state index is 5.24. The fourth-order valence-electron chi connectivity index (χ4n) is 3.70. The van der Waals surface area contributed by atoms with Gasteiger partial charge >= 0.3 is 0 Å². The quantitative estimate of drug-likeness (QED) is 0.723. The van der Waals surface area contributed by atoms with Crippen molar-refractivity contribution in [3.05, 3.63) is 53.7 Å². The summed E-state index contributed by atoms with van der Waals surface area (Å²) in [5.74, 6) is 1.91. The zero-order valence-electron chi connectivity index (χ0n) is 15.6. The first-order valence-electron chi connectivity index (χ1n) is 9.06. The number of rotatable bonds is 4. The molecule has 3 heterocycles. The van der Waals surface area contributed by atoms with E-state index >= 15 is 0 Å². The fraction of sp³-hybridized carbons (Fsp3) is 0.400. The van der Waals surface area contributed by atoms with Gasteiger partial charge in [-0.3, -0.25) is 9.30 Å². The van der Waals surface area contributed by atoms with E-state index in [-0.39, 0.29) is 0 Å². The van der Waals surface area contributed by atoms with Gasteiger partial charge in [-0.2, -0.15) is 0 Å². The Kier molecular flexibility index (Phi) is 4.51. The molecule has 0 radical (unpaired) electrons. The van der Waals surface area contributed by atoms with Crippen molar-refractivity contribution in [2.24, 2.45) is 0 Å². The van der Waals surface area contributed by atoms with Gasteiger partial charge in [0.2, 0.25) is 0 Å². The minimum absolute atomic E-state index is 0.902. The predicted octanol–water partition coefficient (Wildman–Crippen LogP) is 2.68. The Labute approximate surface area is 154 Å². The molecule has 4 rings (SSSR count). The molecule has 0 spiro atoms. The third-order valence-electron chi connectivity index (χ3n) is 5.06. The number of fused-ring (bicyclic) bond motifs is 1. The van der Waals surface area contributed by atoms with E-state index in [2.05, 4.69) is 36.3 Å². The summed E-state index contributed by atoms with van der Waals surface area (Å²) in [5.41, 5.74) is 4.47. The van der Waals surface area contributed by atoms with Gasteiger partial charge in [-0.1, -0.05) is 0 Å².